The molecule has 0 radical (unpaired) electrons. The van der Waals surface area contributed by atoms with Crippen LogP contribution in [-0.4, -0.2) is 19.5 Å². The van der Waals surface area contributed by atoms with Gasteiger partial charge in [-0.3, -0.25) is 0 Å². The first kappa shape index (κ1) is 20.0. The monoisotopic (exact) mass is 417 g/mol. The van der Waals surface area contributed by atoms with Gasteiger partial charge in [-0.1, -0.05) is 66.2 Å². The minimum Gasteiger partial charge on any atom is -0.496 e. The van der Waals surface area contributed by atoms with Gasteiger partial charge in [0.2, 0.25) is 0 Å². The zero-order valence-corrected chi connectivity index (χ0v) is 17.7. The van der Waals surface area contributed by atoms with Crippen molar-refractivity contribution >= 4 is 10.0 Å². The Morgan fingerprint density at radius 3 is 2.17 bits per heavy atom. The van der Waals surface area contributed by atoms with E-state index in [0.29, 0.717) is 11.4 Å². The summed E-state index contributed by atoms with van der Waals surface area (Å²) in [4.78, 5) is 0.261. The number of hydrogen-bond donors (Lipinski definition) is 0. The Bertz CT molecular complexity index is 1240. The summed E-state index contributed by atoms with van der Waals surface area (Å²) in [6, 6.07) is 28.1. The second-order valence-electron chi connectivity index (χ2n) is 7.13. The van der Waals surface area contributed by atoms with Crippen LogP contribution in [0.1, 0.15) is 28.3 Å². The normalized spacial score (nSPS) is 12.5. The lowest BCUT2D eigenvalue weighted by atomic mass is 9.88. The van der Waals surface area contributed by atoms with Crippen LogP contribution < -0.4 is 4.74 Å². The third kappa shape index (κ3) is 3.64. The average molecular weight is 418 g/mol. The molecule has 30 heavy (non-hydrogen) atoms. The van der Waals surface area contributed by atoms with E-state index < -0.39 is 10.0 Å². The SMILES string of the molecule is COc1ccccc1C(c1ccccc1)c1cccn1S(=O)(=O)c1ccc(C)cc1. The molecule has 0 fully saturated rings. The summed E-state index contributed by atoms with van der Waals surface area (Å²) in [5.74, 6) is 0.407. The minimum atomic E-state index is -3.75. The van der Waals surface area contributed by atoms with Crippen molar-refractivity contribution in [2.75, 3.05) is 7.11 Å². The second-order valence-corrected chi connectivity index (χ2v) is 8.95. The van der Waals surface area contributed by atoms with Crippen molar-refractivity contribution in [2.24, 2.45) is 0 Å². The van der Waals surface area contributed by atoms with Crippen molar-refractivity contribution in [3.8, 4) is 5.75 Å². The Labute approximate surface area is 177 Å². The van der Waals surface area contributed by atoms with Gasteiger partial charge in [0.05, 0.1) is 17.9 Å². The fourth-order valence-electron chi connectivity index (χ4n) is 3.71. The maximum Gasteiger partial charge on any atom is 0.267 e. The van der Waals surface area contributed by atoms with E-state index in [4.69, 9.17) is 4.74 Å². The van der Waals surface area contributed by atoms with Crippen molar-refractivity contribution in [1.82, 2.24) is 3.97 Å². The largest absolute Gasteiger partial charge is 0.496 e. The minimum absolute atomic E-state index is 0.261. The molecular weight excluding hydrogens is 394 g/mol. The maximum atomic E-state index is 13.5. The maximum absolute atomic E-state index is 13.5. The molecule has 0 amide bonds. The summed E-state index contributed by atoms with van der Waals surface area (Å²) in [7, 11) is -2.12. The van der Waals surface area contributed by atoms with Gasteiger partial charge in [-0.15, -0.1) is 0 Å². The molecule has 1 heterocycles. The third-order valence-electron chi connectivity index (χ3n) is 5.20. The number of aromatic nitrogens is 1. The van der Waals surface area contributed by atoms with E-state index in [0.717, 1.165) is 16.7 Å². The molecule has 152 valence electrons. The zero-order valence-electron chi connectivity index (χ0n) is 16.9. The van der Waals surface area contributed by atoms with Gasteiger partial charge in [0, 0.05) is 17.5 Å². The van der Waals surface area contributed by atoms with E-state index >= 15 is 0 Å². The topological polar surface area (TPSA) is 48.3 Å². The van der Waals surface area contributed by atoms with Gasteiger partial charge in [-0.2, -0.15) is 0 Å². The van der Waals surface area contributed by atoms with Crippen LogP contribution in [0, 0.1) is 6.92 Å². The highest BCUT2D eigenvalue weighted by atomic mass is 32.2. The van der Waals surface area contributed by atoms with Gasteiger partial charge < -0.3 is 4.74 Å². The Morgan fingerprint density at radius 1 is 0.800 bits per heavy atom. The van der Waals surface area contributed by atoms with Crippen LogP contribution >= 0.6 is 0 Å². The number of methoxy groups -OCH3 is 1. The van der Waals surface area contributed by atoms with E-state index in [2.05, 4.69) is 0 Å². The molecule has 4 aromatic rings. The van der Waals surface area contributed by atoms with Crippen molar-refractivity contribution in [2.45, 2.75) is 17.7 Å². The van der Waals surface area contributed by atoms with E-state index in [1.54, 1.807) is 31.5 Å². The van der Waals surface area contributed by atoms with Gasteiger partial charge in [0.15, 0.2) is 0 Å². The number of benzene rings is 3. The number of ether oxygens (including phenoxy) is 1. The Hall–Kier alpha value is -3.31. The molecule has 4 rings (SSSR count). The van der Waals surface area contributed by atoms with Crippen LogP contribution in [0.4, 0.5) is 0 Å². The first-order chi connectivity index (χ1) is 14.5. The fraction of sp³-hybridized carbons (Fsp3) is 0.120. The van der Waals surface area contributed by atoms with Crippen molar-refractivity contribution in [3.05, 3.63) is 120 Å². The Kier molecular flexibility index (Phi) is 5.46. The molecule has 0 saturated heterocycles. The van der Waals surface area contributed by atoms with E-state index in [9.17, 15) is 8.42 Å². The lowest BCUT2D eigenvalue weighted by molar-refractivity contribution is 0.409. The lowest BCUT2D eigenvalue weighted by Gasteiger charge is -2.22. The smallest absolute Gasteiger partial charge is 0.267 e. The van der Waals surface area contributed by atoms with Crippen LogP contribution in [0.5, 0.6) is 5.75 Å². The lowest BCUT2D eigenvalue weighted by Crippen LogP contribution is -2.18. The predicted molar refractivity (Wildman–Crippen MR) is 119 cm³/mol. The molecule has 3 aromatic carbocycles. The fourth-order valence-corrected chi connectivity index (χ4v) is 5.09. The highest BCUT2D eigenvalue weighted by molar-refractivity contribution is 7.90. The molecule has 4 nitrogen and oxygen atoms in total. The summed E-state index contributed by atoms with van der Waals surface area (Å²) in [6.45, 7) is 1.94. The highest BCUT2D eigenvalue weighted by Crippen LogP contribution is 2.38. The van der Waals surface area contributed by atoms with Gasteiger partial charge in [0.1, 0.15) is 5.75 Å². The molecular formula is C25H23NO3S. The molecule has 0 aliphatic heterocycles. The molecule has 0 saturated carbocycles. The van der Waals surface area contributed by atoms with Crippen molar-refractivity contribution < 1.29 is 13.2 Å². The van der Waals surface area contributed by atoms with Crippen LogP contribution in [0.3, 0.4) is 0 Å². The van der Waals surface area contributed by atoms with Crippen molar-refractivity contribution in [3.63, 3.8) is 0 Å². The van der Waals surface area contributed by atoms with Crippen LogP contribution in [0.15, 0.2) is 102 Å². The highest BCUT2D eigenvalue weighted by Gasteiger charge is 2.27. The van der Waals surface area contributed by atoms with Gasteiger partial charge in [0.25, 0.3) is 10.0 Å². The number of aryl methyl sites for hydroxylation is 1. The number of para-hydroxylation sites is 1. The summed E-state index contributed by atoms with van der Waals surface area (Å²) >= 11 is 0. The standard InChI is InChI=1S/C25H23NO3S/c1-19-14-16-21(17-15-19)30(27,28)26-18-8-12-23(26)25(20-9-4-3-5-10-20)22-11-6-7-13-24(22)29-2/h3-18,25H,1-2H3. The van der Waals surface area contributed by atoms with Gasteiger partial charge in [-0.25, -0.2) is 12.4 Å². The summed E-state index contributed by atoms with van der Waals surface area (Å²) in [5, 5.41) is 0. The molecule has 0 aliphatic carbocycles. The molecule has 0 bridgehead atoms. The average Bonchev–Trinajstić information content (AvgIpc) is 3.26. The number of rotatable bonds is 6. The Morgan fingerprint density at radius 2 is 1.47 bits per heavy atom. The number of hydrogen-bond acceptors (Lipinski definition) is 3. The van der Waals surface area contributed by atoms with Crippen LogP contribution in [-0.2, 0) is 10.0 Å². The molecule has 5 heteroatoms. The van der Waals surface area contributed by atoms with Gasteiger partial charge >= 0.3 is 0 Å². The zero-order chi connectivity index (χ0) is 21.1. The predicted octanol–water partition coefficient (Wildman–Crippen LogP) is 5.22. The molecule has 1 atom stereocenters. The number of nitrogens with zero attached hydrogens (tertiary/aromatic N) is 1. The Balaban J connectivity index is 1.93. The van der Waals surface area contributed by atoms with Crippen LogP contribution in [0.2, 0.25) is 0 Å². The van der Waals surface area contributed by atoms with Crippen LogP contribution in [0.25, 0.3) is 0 Å². The molecule has 1 unspecified atom stereocenters. The molecule has 0 spiro atoms. The van der Waals surface area contributed by atoms with E-state index in [-0.39, 0.29) is 10.8 Å². The molecule has 0 N–H and O–H groups in total. The van der Waals surface area contributed by atoms with Gasteiger partial charge in [-0.05, 0) is 42.8 Å². The first-order valence-corrected chi connectivity index (χ1v) is 11.1. The van der Waals surface area contributed by atoms with Crippen molar-refractivity contribution in [1.29, 1.82) is 0 Å². The second kappa shape index (κ2) is 8.20. The first-order valence-electron chi connectivity index (χ1n) is 9.69. The molecule has 0 aliphatic rings. The summed E-state index contributed by atoms with van der Waals surface area (Å²) in [6.07, 6.45) is 1.61. The summed E-state index contributed by atoms with van der Waals surface area (Å²) < 4.78 is 33.9. The van der Waals surface area contributed by atoms with E-state index in [1.807, 2.05) is 79.7 Å². The third-order valence-corrected chi connectivity index (χ3v) is 6.92. The van der Waals surface area contributed by atoms with E-state index in [1.165, 1.54) is 3.97 Å². The quantitative estimate of drug-likeness (QED) is 0.432. The molecule has 1 aromatic heterocycles. The summed E-state index contributed by atoms with van der Waals surface area (Å²) in [5.41, 5.74) is 3.57.